The van der Waals surface area contributed by atoms with Crippen molar-refractivity contribution in [1.29, 1.82) is 0 Å². The molecule has 13 heavy (non-hydrogen) atoms. The first kappa shape index (κ1) is 8.59. The van der Waals surface area contributed by atoms with Gasteiger partial charge in [-0.05, 0) is 18.4 Å². The van der Waals surface area contributed by atoms with Gasteiger partial charge in [-0.15, -0.1) is 22.7 Å². The topological polar surface area (TPSA) is 30.0 Å². The molecule has 0 spiro atoms. The first-order chi connectivity index (χ1) is 6.31. The number of thiophene rings is 1. The predicted molar refractivity (Wildman–Crippen MR) is 55.6 cm³/mol. The maximum Gasteiger partial charge on any atom is 0.162 e. The Morgan fingerprint density at radius 3 is 3.00 bits per heavy atom. The molecule has 0 radical (unpaired) electrons. The zero-order valence-corrected chi connectivity index (χ0v) is 8.61. The molecule has 0 saturated heterocycles. The average Bonchev–Trinajstić information content (AvgIpc) is 2.71. The second-order valence-corrected chi connectivity index (χ2v) is 4.72. The van der Waals surface area contributed by atoms with Crippen molar-refractivity contribution in [2.24, 2.45) is 0 Å². The molecule has 66 valence electrons. The predicted octanol–water partition coefficient (Wildman–Crippen LogP) is 2.99. The number of aromatic nitrogens is 1. The molecule has 4 heteroatoms. The van der Waals surface area contributed by atoms with Gasteiger partial charge in [0.2, 0.25) is 0 Å². The SMILES string of the molecule is Cc1nc(-c2cccs2)c(C=O)s1. The number of aldehydes is 1. The number of carbonyl (C=O) groups excluding carboxylic acids is 1. The van der Waals surface area contributed by atoms with Crippen LogP contribution in [0.3, 0.4) is 0 Å². The van der Waals surface area contributed by atoms with E-state index in [-0.39, 0.29) is 0 Å². The Hall–Kier alpha value is -1.00. The van der Waals surface area contributed by atoms with Crippen LogP contribution >= 0.6 is 22.7 Å². The Morgan fingerprint density at radius 2 is 2.38 bits per heavy atom. The van der Waals surface area contributed by atoms with E-state index in [1.165, 1.54) is 11.3 Å². The zero-order chi connectivity index (χ0) is 9.26. The highest BCUT2D eigenvalue weighted by atomic mass is 32.1. The molecule has 0 atom stereocenters. The van der Waals surface area contributed by atoms with Gasteiger partial charge in [-0.3, -0.25) is 4.79 Å². The van der Waals surface area contributed by atoms with Gasteiger partial charge in [0, 0.05) is 0 Å². The van der Waals surface area contributed by atoms with Crippen LogP contribution in [-0.2, 0) is 0 Å². The highest BCUT2D eigenvalue weighted by molar-refractivity contribution is 7.16. The fraction of sp³-hybridized carbons (Fsp3) is 0.111. The minimum absolute atomic E-state index is 0.722. The van der Waals surface area contributed by atoms with Crippen LogP contribution in [0.4, 0.5) is 0 Å². The fourth-order valence-corrected chi connectivity index (χ4v) is 2.66. The van der Waals surface area contributed by atoms with Gasteiger partial charge in [0.15, 0.2) is 6.29 Å². The van der Waals surface area contributed by atoms with E-state index < -0.39 is 0 Å². The highest BCUT2D eigenvalue weighted by Gasteiger charge is 2.10. The number of hydrogen-bond donors (Lipinski definition) is 0. The third-order valence-corrected chi connectivity index (χ3v) is 3.39. The van der Waals surface area contributed by atoms with E-state index in [1.54, 1.807) is 11.3 Å². The van der Waals surface area contributed by atoms with Crippen LogP contribution in [0.2, 0.25) is 0 Å². The lowest BCUT2D eigenvalue weighted by molar-refractivity contribution is 0.112. The summed E-state index contributed by atoms with van der Waals surface area (Å²) in [6, 6.07) is 3.94. The number of thiazole rings is 1. The summed E-state index contributed by atoms with van der Waals surface area (Å²) in [6.07, 6.45) is 0.875. The zero-order valence-electron chi connectivity index (χ0n) is 6.98. The quantitative estimate of drug-likeness (QED) is 0.712. The van der Waals surface area contributed by atoms with Crippen molar-refractivity contribution in [1.82, 2.24) is 4.98 Å². The van der Waals surface area contributed by atoms with E-state index in [0.717, 1.165) is 26.7 Å². The summed E-state index contributed by atoms with van der Waals surface area (Å²) in [5.74, 6) is 0. The lowest BCUT2D eigenvalue weighted by Crippen LogP contribution is -1.78. The van der Waals surface area contributed by atoms with Crippen LogP contribution in [0.15, 0.2) is 17.5 Å². The number of hydrogen-bond acceptors (Lipinski definition) is 4. The van der Waals surface area contributed by atoms with Crippen LogP contribution in [0.25, 0.3) is 10.6 Å². The smallest absolute Gasteiger partial charge is 0.162 e. The van der Waals surface area contributed by atoms with Crippen LogP contribution in [0, 0.1) is 6.92 Å². The Labute approximate surface area is 83.9 Å². The van der Waals surface area contributed by atoms with Gasteiger partial charge in [-0.25, -0.2) is 4.98 Å². The molecule has 0 aliphatic heterocycles. The molecule has 0 amide bonds. The summed E-state index contributed by atoms with van der Waals surface area (Å²) in [5.41, 5.74) is 0.826. The van der Waals surface area contributed by atoms with Gasteiger partial charge >= 0.3 is 0 Å². The third-order valence-electron chi connectivity index (χ3n) is 1.62. The van der Waals surface area contributed by atoms with Crippen molar-refractivity contribution >= 4 is 29.0 Å². The van der Waals surface area contributed by atoms with Crippen molar-refractivity contribution in [3.8, 4) is 10.6 Å². The van der Waals surface area contributed by atoms with Gasteiger partial charge in [0.05, 0.1) is 14.8 Å². The standard InChI is InChI=1S/C9H7NOS2/c1-6-10-9(8(5-11)13-6)7-3-2-4-12-7/h2-5H,1H3. The molecule has 2 aromatic heterocycles. The normalized spacial score (nSPS) is 10.2. The van der Waals surface area contributed by atoms with E-state index in [0.29, 0.717) is 0 Å². The lowest BCUT2D eigenvalue weighted by atomic mass is 10.3. The van der Waals surface area contributed by atoms with Crippen LogP contribution < -0.4 is 0 Å². The van der Waals surface area contributed by atoms with Gasteiger partial charge in [0.1, 0.15) is 5.69 Å². The van der Waals surface area contributed by atoms with E-state index in [9.17, 15) is 4.79 Å². The molecule has 2 nitrogen and oxygen atoms in total. The first-order valence-electron chi connectivity index (χ1n) is 3.78. The van der Waals surface area contributed by atoms with Crippen LogP contribution in [0.1, 0.15) is 14.7 Å². The molecule has 2 rings (SSSR count). The summed E-state index contributed by atoms with van der Waals surface area (Å²) in [4.78, 5) is 16.8. The summed E-state index contributed by atoms with van der Waals surface area (Å²) < 4.78 is 0. The van der Waals surface area contributed by atoms with Crippen molar-refractivity contribution < 1.29 is 4.79 Å². The minimum atomic E-state index is 0.722. The molecule has 0 aromatic carbocycles. The maximum atomic E-state index is 10.7. The number of nitrogens with zero attached hydrogens (tertiary/aromatic N) is 1. The molecule has 0 aliphatic rings. The monoisotopic (exact) mass is 209 g/mol. The van der Waals surface area contributed by atoms with E-state index >= 15 is 0 Å². The van der Waals surface area contributed by atoms with Gasteiger partial charge in [-0.1, -0.05) is 6.07 Å². The van der Waals surface area contributed by atoms with E-state index in [1.807, 2.05) is 24.4 Å². The Bertz CT molecular complexity index is 417. The number of carbonyl (C=O) groups is 1. The van der Waals surface area contributed by atoms with Gasteiger partial charge in [-0.2, -0.15) is 0 Å². The first-order valence-corrected chi connectivity index (χ1v) is 5.47. The van der Waals surface area contributed by atoms with Crippen LogP contribution in [0.5, 0.6) is 0 Å². The Kier molecular flexibility index (Phi) is 2.24. The summed E-state index contributed by atoms with van der Waals surface area (Å²) in [6.45, 7) is 1.91. The maximum absolute atomic E-state index is 10.7. The summed E-state index contributed by atoms with van der Waals surface area (Å²) in [7, 11) is 0. The molecule has 2 heterocycles. The molecule has 0 unspecified atom stereocenters. The molecule has 0 saturated carbocycles. The highest BCUT2D eigenvalue weighted by Crippen LogP contribution is 2.29. The number of aryl methyl sites for hydroxylation is 1. The second-order valence-electron chi connectivity index (χ2n) is 2.54. The molecular weight excluding hydrogens is 202 g/mol. The lowest BCUT2D eigenvalue weighted by Gasteiger charge is -1.89. The van der Waals surface area contributed by atoms with Crippen molar-refractivity contribution in [3.05, 3.63) is 27.4 Å². The Balaban J connectivity index is 2.56. The molecule has 0 fully saturated rings. The van der Waals surface area contributed by atoms with Crippen molar-refractivity contribution in [3.63, 3.8) is 0 Å². The second kappa shape index (κ2) is 3.40. The van der Waals surface area contributed by atoms with E-state index in [4.69, 9.17) is 0 Å². The summed E-state index contributed by atoms with van der Waals surface area (Å²) >= 11 is 3.04. The Morgan fingerprint density at radius 1 is 1.54 bits per heavy atom. The minimum Gasteiger partial charge on any atom is -0.297 e. The van der Waals surface area contributed by atoms with Crippen molar-refractivity contribution in [2.45, 2.75) is 6.92 Å². The van der Waals surface area contributed by atoms with Crippen LogP contribution in [-0.4, -0.2) is 11.3 Å². The fourth-order valence-electron chi connectivity index (χ4n) is 1.11. The largest absolute Gasteiger partial charge is 0.297 e. The summed E-state index contributed by atoms with van der Waals surface area (Å²) in [5, 5.41) is 2.92. The van der Waals surface area contributed by atoms with E-state index in [2.05, 4.69) is 4.98 Å². The third kappa shape index (κ3) is 1.55. The van der Waals surface area contributed by atoms with Gasteiger partial charge < -0.3 is 0 Å². The molecule has 2 aromatic rings. The number of rotatable bonds is 2. The molecular formula is C9H7NOS2. The van der Waals surface area contributed by atoms with Gasteiger partial charge in [0.25, 0.3) is 0 Å². The molecule has 0 aliphatic carbocycles. The molecule has 0 bridgehead atoms. The van der Waals surface area contributed by atoms with Crippen molar-refractivity contribution in [2.75, 3.05) is 0 Å². The molecule has 0 N–H and O–H groups in total. The average molecular weight is 209 g/mol.